The van der Waals surface area contributed by atoms with Crippen LogP contribution in [0.4, 0.5) is 0 Å². The largest absolute Gasteiger partial charge is 0.309 e. The zero-order valence-corrected chi connectivity index (χ0v) is 33.6. The lowest BCUT2D eigenvalue weighted by molar-refractivity contribution is 1.08. The first-order chi connectivity index (χ1) is 30.8. The minimum Gasteiger partial charge on any atom is -0.309 e. The maximum Gasteiger partial charge on any atom is 0.165 e. The first kappa shape index (κ1) is 34.5. The summed E-state index contributed by atoms with van der Waals surface area (Å²) in [5.41, 5.74) is 13.8. The van der Waals surface area contributed by atoms with Gasteiger partial charge in [0.25, 0.3) is 0 Å². The number of aromatic nitrogens is 4. The van der Waals surface area contributed by atoms with Gasteiger partial charge in [0, 0.05) is 38.2 Å². The Morgan fingerprint density at radius 2 is 0.919 bits per heavy atom. The molecular formula is C58H36N4. The number of nitrogens with zero attached hydrogens (tertiary/aromatic N) is 4. The highest BCUT2D eigenvalue weighted by molar-refractivity contribution is 6.23. The highest BCUT2D eigenvalue weighted by Crippen LogP contribution is 2.43. The lowest BCUT2D eigenvalue weighted by atomic mass is 9.92. The second kappa shape index (κ2) is 13.6. The van der Waals surface area contributed by atoms with Crippen molar-refractivity contribution in [3.8, 4) is 45.0 Å². The fourth-order valence-electron chi connectivity index (χ4n) is 9.90. The molecule has 0 fully saturated rings. The summed E-state index contributed by atoms with van der Waals surface area (Å²) in [7, 11) is 0. The van der Waals surface area contributed by atoms with Crippen molar-refractivity contribution in [1.29, 1.82) is 0 Å². The van der Waals surface area contributed by atoms with E-state index in [-0.39, 0.29) is 0 Å². The zero-order valence-electron chi connectivity index (χ0n) is 33.6. The molecule has 0 bridgehead atoms. The molecule has 0 saturated heterocycles. The SMILES string of the molecule is c1ccc(-c2ccc(-c3nc4ccccc4nc3-n3c4ccc(-n5c6ccccc6c6ccc7ccccc7c65)cc4c4c5ccccc5ccc43)cc2-c2ccccc2)cc1. The number of para-hydroxylation sites is 3. The quantitative estimate of drug-likeness (QED) is 0.174. The summed E-state index contributed by atoms with van der Waals surface area (Å²) in [6.45, 7) is 0. The Labute approximate surface area is 357 Å². The van der Waals surface area contributed by atoms with Crippen molar-refractivity contribution in [2.24, 2.45) is 0 Å². The Morgan fingerprint density at radius 1 is 0.323 bits per heavy atom. The Kier molecular flexibility index (Phi) is 7.57. The van der Waals surface area contributed by atoms with E-state index in [1.54, 1.807) is 0 Å². The number of hydrogen-bond donors (Lipinski definition) is 0. The monoisotopic (exact) mass is 788 g/mol. The summed E-state index contributed by atoms with van der Waals surface area (Å²) in [4.78, 5) is 11.0. The first-order valence-corrected chi connectivity index (χ1v) is 21.2. The summed E-state index contributed by atoms with van der Waals surface area (Å²) in [6, 6.07) is 78.5. The van der Waals surface area contributed by atoms with Gasteiger partial charge in [-0.25, -0.2) is 9.97 Å². The Bertz CT molecular complexity index is 3920. The van der Waals surface area contributed by atoms with E-state index in [9.17, 15) is 0 Å². The predicted octanol–water partition coefficient (Wildman–Crippen LogP) is 15.1. The van der Waals surface area contributed by atoms with Crippen LogP contribution in [-0.4, -0.2) is 19.1 Å². The van der Waals surface area contributed by atoms with E-state index in [1.165, 1.54) is 59.9 Å². The van der Waals surface area contributed by atoms with Crippen LogP contribution in [0.5, 0.6) is 0 Å². The van der Waals surface area contributed by atoms with Crippen molar-refractivity contribution in [2.45, 2.75) is 0 Å². The van der Waals surface area contributed by atoms with Gasteiger partial charge < -0.3 is 4.57 Å². The lowest BCUT2D eigenvalue weighted by Crippen LogP contribution is -2.04. The minimum atomic E-state index is 0.793. The fraction of sp³-hybridized carbons (Fsp3) is 0. The summed E-state index contributed by atoms with van der Waals surface area (Å²) < 4.78 is 4.81. The lowest BCUT2D eigenvalue weighted by Gasteiger charge is -2.17. The molecule has 0 unspecified atom stereocenters. The summed E-state index contributed by atoms with van der Waals surface area (Å²) >= 11 is 0. The molecular weight excluding hydrogens is 753 g/mol. The van der Waals surface area contributed by atoms with Crippen LogP contribution >= 0.6 is 0 Å². The van der Waals surface area contributed by atoms with Gasteiger partial charge in [0.2, 0.25) is 0 Å². The molecule has 0 aliphatic carbocycles. The van der Waals surface area contributed by atoms with Crippen LogP contribution in [0.1, 0.15) is 0 Å². The number of fused-ring (bicyclic) bond motifs is 11. The molecule has 0 radical (unpaired) electrons. The third-order valence-corrected chi connectivity index (χ3v) is 12.7. The molecule has 62 heavy (non-hydrogen) atoms. The molecule has 0 spiro atoms. The van der Waals surface area contributed by atoms with Crippen molar-refractivity contribution in [3.63, 3.8) is 0 Å². The smallest absolute Gasteiger partial charge is 0.165 e. The molecule has 0 aliphatic heterocycles. The van der Waals surface area contributed by atoms with E-state index in [0.717, 1.165) is 61.3 Å². The second-order valence-electron chi connectivity index (χ2n) is 16.1. The normalized spacial score (nSPS) is 11.9. The average molecular weight is 789 g/mol. The molecule has 13 aromatic rings. The molecule has 0 atom stereocenters. The Hall–Kier alpha value is -8.34. The molecule has 10 aromatic carbocycles. The molecule has 4 heteroatoms. The van der Waals surface area contributed by atoms with Gasteiger partial charge in [-0.1, -0.05) is 170 Å². The average Bonchev–Trinajstić information content (AvgIpc) is 3.87. The van der Waals surface area contributed by atoms with Crippen molar-refractivity contribution in [2.75, 3.05) is 0 Å². The molecule has 13 rings (SSSR count). The minimum absolute atomic E-state index is 0.793. The van der Waals surface area contributed by atoms with Crippen LogP contribution in [-0.2, 0) is 0 Å². The van der Waals surface area contributed by atoms with E-state index >= 15 is 0 Å². The van der Waals surface area contributed by atoms with Crippen LogP contribution < -0.4 is 0 Å². The third-order valence-electron chi connectivity index (χ3n) is 12.7. The van der Waals surface area contributed by atoms with Gasteiger partial charge >= 0.3 is 0 Å². The number of benzene rings is 10. The zero-order chi connectivity index (χ0) is 40.7. The van der Waals surface area contributed by atoms with Crippen molar-refractivity contribution >= 4 is 76.2 Å². The molecule has 0 amide bonds. The van der Waals surface area contributed by atoms with Gasteiger partial charge in [0.1, 0.15) is 5.69 Å². The highest BCUT2D eigenvalue weighted by atomic mass is 15.1. The fourth-order valence-corrected chi connectivity index (χ4v) is 9.90. The molecule has 3 heterocycles. The molecule has 4 nitrogen and oxygen atoms in total. The maximum atomic E-state index is 5.54. The van der Waals surface area contributed by atoms with Crippen LogP contribution in [0.25, 0.3) is 121 Å². The van der Waals surface area contributed by atoms with Crippen LogP contribution in [0, 0.1) is 0 Å². The standard InChI is InChI=1S/C58H36N4/c1-3-15-37(16-4-1)43-31-28-41(35-48(43)38-17-5-2-6-18-38)56-58(60-51-25-13-12-24-50(51)59-56)62-53-34-30-42(36-49(53)55-44-21-9-7-19-39(44)29-33-54(55)62)61-52-26-14-11-23-46(52)47-32-27-40-20-8-10-22-45(40)57(47)61/h1-36H. The molecule has 0 saturated carbocycles. The van der Waals surface area contributed by atoms with E-state index in [1.807, 2.05) is 12.1 Å². The van der Waals surface area contributed by atoms with E-state index in [2.05, 4.69) is 215 Å². The van der Waals surface area contributed by atoms with Gasteiger partial charge in [-0.05, 0) is 86.9 Å². The molecule has 0 N–H and O–H groups in total. The van der Waals surface area contributed by atoms with Gasteiger partial charge in [-0.2, -0.15) is 0 Å². The summed E-state index contributed by atoms with van der Waals surface area (Å²) in [5.74, 6) is 0.793. The van der Waals surface area contributed by atoms with Gasteiger partial charge in [-0.15, -0.1) is 0 Å². The Morgan fingerprint density at radius 3 is 1.71 bits per heavy atom. The van der Waals surface area contributed by atoms with Gasteiger partial charge in [0.05, 0.1) is 33.1 Å². The number of hydrogen-bond acceptors (Lipinski definition) is 2. The van der Waals surface area contributed by atoms with Crippen molar-refractivity contribution in [1.82, 2.24) is 19.1 Å². The van der Waals surface area contributed by atoms with E-state index in [4.69, 9.17) is 9.97 Å². The molecule has 288 valence electrons. The maximum absolute atomic E-state index is 5.54. The van der Waals surface area contributed by atoms with Crippen molar-refractivity contribution < 1.29 is 0 Å². The summed E-state index contributed by atoms with van der Waals surface area (Å²) in [5, 5.41) is 9.69. The second-order valence-corrected chi connectivity index (χ2v) is 16.1. The Balaban J connectivity index is 1.13. The van der Waals surface area contributed by atoms with Crippen LogP contribution in [0.15, 0.2) is 218 Å². The molecule has 3 aromatic heterocycles. The van der Waals surface area contributed by atoms with E-state index in [0.29, 0.717) is 0 Å². The van der Waals surface area contributed by atoms with Gasteiger partial charge in [0.15, 0.2) is 5.82 Å². The molecule has 0 aliphatic rings. The summed E-state index contributed by atoms with van der Waals surface area (Å²) in [6.07, 6.45) is 0. The van der Waals surface area contributed by atoms with Crippen molar-refractivity contribution in [3.05, 3.63) is 218 Å². The first-order valence-electron chi connectivity index (χ1n) is 21.2. The topological polar surface area (TPSA) is 35.6 Å². The van der Waals surface area contributed by atoms with Crippen LogP contribution in [0.3, 0.4) is 0 Å². The predicted molar refractivity (Wildman–Crippen MR) is 260 cm³/mol. The third kappa shape index (κ3) is 5.20. The van der Waals surface area contributed by atoms with E-state index < -0.39 is 0 Å². The highest BCUT2D eigenvalue weighted by Gasteiger charge is 2.23. The van der Waals surface area contributed by atoms with Crippen LogP contribution in [0.2, 0.25) is 0 Å². The number of rotatable bonds is 5. The van der Waals surface area contributed by atoms with Gasteiger partial charge in [-0.3, -0.25) is 4.57 Å².